The van der Waals surface area contributed by atoms with Crippen LogP contribution in [0.25, 0.3) is 22.5 Å². The molecule has 1 aliphatic rings. The van der Waals surface area contributed by atoms with Crippen molar-refractivity contribution in [3.63, 3.8) is 0 Å². The van der Waals surface area contributed by atoms with Crippen LogP contribution in [-0.2, 0) is 12.8 Å². The van der Waals surface area contributed by atoms with E-state index in [1.54, 1.807) is 7.11 Å². The fourth-order valence-corrected chi connectivity index (χ4v) is 3.35. The van der Waals surface area contributed by atoms with Gasteiger partial charge in [-0.15, -0.1) is 0 Å². The van der Waals surface area contributed by atoms with E-state index in [0.29, 0.717) is 6.01 Å². The van der Waals surface area contributed by atoms with Gasteiger partial charge in [0.1, 0.15) is 0 Å². The average molecular weight is 367 g/mol. The molecule has 0 radical (unpaired) electrons. The van der Waals surface area contributed by atoms with Crippen molar-refractivity contribution in [2.45, 2.75) is 12.8 Å². The lowest BCUT2D eigenvalue weighted by Crippen LogP contribution is -2.10. The second-order valence-electron chi connectivity index (χ2n) is 5.55. The number of methoxy groups -OCH3 is 1. The topological polar surface area (TPSA) is 35.0 Å². The predicted molar refractivity (Wildman–Crippen MR) is 94.6 cm³/mol. The third-order valence-electron chi connectivity index (χ3n) is 4.20. The number of aromatic nitrogens is 2. The van der Waals surface area contributed by atoms with E-state index in [9.17, 15) is 0 Å². The van der Waals surface area contributed by atoms with Crippen molar-refractivity contribution < 1.29 is 4.74 Å². The molecule has 0 atom stereocenters. The number of halogens is 1. The van der Waals surface area contributed by atoms with Crippen LogP contribution in [0.15, 0.2) is 53.0 Å². The highest BCUT2D eigenvalue weighted by Crippen LogP contribution is 2.37. The molecule has 23 heavy (non-hydrogen) atoms. The van der Waals surface area contributed by atoms with Crippen LogP contribution < -0.4 is 4.74 Å². The predicted octanol–water partition coefficient (Wildman–Crippen LogP) is 4.68. The molecular weight excluding hydrogens is 352 g/mol. The van der Waals surface area contributed by atoms with E-state index in [2.05, 4.69) is 62.3 Å². The molecule has 0 fully saturated rings. The number of hydrogen-bond donors (Lipinski definition) is 0. The van der Waals surface area contributed by atoms with Crippen molar-refractivity contribution in [2.24, 2.45) is 0 Å². The van der Waals surface area contributed by atoms with Gasteiger partial charge in [0.2, 0.25) is 0 Å². The van der Waals surface area contributed by atoms with E-state index >= 15 is 0 Å². The third kappa shape index (κ3) is 2.53. The van der Waals surface area contributed by atoms with Crippen molar-refractivity contribution in [2.75, 3.05) is 7.11 Å². The molecule has 0 unspecified atom stereocenters. The van der Waals surface area contributed by atoms with Gasteiger partial charge in [-0.25, -0.2) is 0 Å². The highest BCUT2D eigenvalue weighted by molar-refractivity contribution is 9.10. The third-order valence-corrected chi connectivity index (χ3v) is 4.73. The summed E-state index contributed by atoms with van der Waals surface area (Å²) in [5, 5.41) is 0. The lowest BCUT2D eigenvalue weighted by Gasteiger charge is -2.21. The molecule has 1 aliphatic carbocycles. The Hall–Kier alpha value is -2.20. The Morgan fingerprint density at radius 1 is 0.913 bits per heavy atom. The molecule has 3 nitrogen and oxygen atoms in total. The monoisotopic (exact) mass is 366 g/mol. The Bertz CT molecular complexity index is 875. The van der Waals surface area contributed by atoms with Gasteiger partial charge in [-0.3, -0.25) is 0 Å². The summed E-state index contributed by atoms with van der Waals surface area (Å²) in [6.45, 7) is 0. The molecule has 1 aromatic heterocycles. The molecule has 0 N–H and O–H groups in total. The Labute approximate surface area is 143 Å². The summed E-state index contributed by atoms with van der Waals surface area (Å²) < 4.78 is 6.41. The Morgan fingerprint density at radius 2 is 1.65 bits per heavy atom. The first-order valence-electron chi connectivity index (χ1n) is 7.55. The summed E-state index contributed by atoms with van der Waals surface area (Å²) in [5.74, 6) is 0. The van der Waals surface area contributed by atoms with Gasteiger partial charge in [-0.2, -0.15) is 9.97 Å². The first-order chi connectivity index (χ1) is 11.3. The van der Waals surface area contributed by atoms with Gasteiger partial charge in [0.05, 0.1) is 18.5 Å². The largest absolute Gasteiger partial charge is 0.467 e. The molecular formula is C19H15BrN2O. The highest BCUT2D eigenvalue weighted by atomic mass is 79.9. The molecule has 0 saturated heterocycles. The minimum absolute atomic E-state index is 0.415. The van der Waals surface area contributed by atoms with Gasteiger partial charge in [-0.1, -0.05) is 52.3 Å². The lowest BCUT2D eigenvalue weighted by atomic mass is 9.87. The molecule has 114 valence electrons. The van der Waals surface area contributed by atoms with Gasteiger partial charge in [-0.05, 0) is 30.5 Å². The summed E-state index contributed by atoms with van der Waals surface area (Å²) >= 11 is 3.48. The normalized spacial score (nSPS) is 12.4. The van der Waals surface area contributed by atoms with Crippen molar-refractivity contribution in [1.29, 1.82) is 0 Å². The van der Waals surface area contributed by atoms with Gasteiger partial charge < -0.3 is 4.74 Å². The summed E-state index contributed by atoms with van der Waals surface area (Å²) in [4.78, 5) is 9.26. The summed E-state index contributed by atoms with van der Waals surface area (Å²) in [5.41, 5.74) is 6.78. The minimum atomic E-state index is 0.415. The molecule has 2 aromatic carbocycles. The SMILES string of the molecule is COc1nc(-c2ccc(Br)cc2)c2c(n1)-c1ccccc1CC2. The standard InChI is InChI=1S/C19H15BrN2O/c1-23-19-21-17(13-6-9-14(20)10-7-13)16-11-8-12-4-2-3-5-15(12)18(16)22-19/h2-7,9-10H,8,11H2,1H3. The van der Waals surface area contributed by atoms with E-state index < -0.39 is 0 Å². The zero-order valence-electron chi connectivity index (χ0n) is 12.7. The number of aryl methyl sites for hydroxylation is 1. The highest BCUT2D eigenvalue weighted by Gasteiger charge is 2.23. The van der Waals surface area contributed by atoms with Crippen LogP contribution in [0.2, 0.25) is 0 Å². The van der Waals surface area contributed by atoms with E-state index in [0.717, 1.165) is 34.3 Å². The molecule has 4 rings (SSSR count). The van der Waals surface area contributed by atoms with Gasteiger partial charge in [0.15, 0.2) is 0 Å². The number of nitrogens with zero attached hydrogens (tertiary/aromatic N) is 2. The van der Waals surface area contributed by atoms with Crippen molar-refractivity contribution in [3.05, 3.63) is 64.1 Å². The van der Waals surface area contributed by atoms with Gasteiger partial charge in [0, 0.05) is 21.2 Å². The summed E-state index contributed by atoms with van der Waals surface area (Å²) in [6.07, 6.45) is 1.96. The number of ether oxygens (including phenoxy) is 1. The van der Waals surface area contributed by atoms with E-state index in [1.807, 2.05) is 12.1 Å². The molecule has 0 aliphatic heterocycles. The van der Waals surface area contributed by atoms with Gasteiger partial charge in [0.25, 0.3) is 0 Å². The average Bonchev–Trinajstić information content (AvgIpc) is 2.61. The molecule has 0 saturated carbocycles. The van der Waals surface area contributed by atoms with Crippen LogP contribution in [0.1, 0.15) is 11.1 Å². The van der Waals surface area contributed by atoms with Crippen molar-refractivity contribution in [1.82, 2.24) is 9.97 Å². The number of benzene rings is 2. The molecule has 0 amide bonds. The number of hydrogen-bond acceptors (Lipinski definition) is 3. The van der Waals surface area contributed by atoms with Crippen LogP contribution in [0.4, 0.5) is 0 Å². The second kappa shape index (κ2) is 5.78. The number of rotatable bonds is 2. The first kappa shape index (κ1) is 14.4. The lowest BCUT2D eigenvalue weighted by molar-refractivity contribution is 0.380. The summed E-state index contributed by atoms with van der Waals surface area (Å²) in [7, 11) is 1.61. The first-order valence-corrected chi connectivity index (χ1v) is 8.34. The van der Waals surface area contributed by atoms with Crippen LogP contribution >= 0.6 is 15.9 Å². The fraction of sp³-hybridized carbons (Fsp3) is 0.158. The number of fused-ring (bicyclic) bond motifs is 3. The molecule has 0 spiro atoms. The van der Waals surface area contributed by atoms with Crippen LogP contribution in [-0.4, -0.2) is 17.1 Å². The zero-order valence-corrected chi connectivity index (χ0v) is 14.3. The Morgan fingerprint density at radius 3 is 2.43 bits per heavy atom. The maximum Gasteiger partial charge on any atom is 0.317 e. The second-order valence-corrected chi connectivity index (χ2v) is 6.47. The smallest absolute Gasteiger partial charge is 0.317 e. The van der Waals surface area contributed by atoms with Crippen molar-refractivity contribution >= 4 is 15.9 Å². The van der Waals surface area contributed by atoms with Gasteiger partial charge >= 0.3 is 6.01 Å². The Kier molecular flexibility index (Phi) is 3.62. The molecule has 4 heteroatoms. The fourth-order valence-electron chi connectivity index (χ4n) is 3.09. The summed E-state index contributed by atoms with van der Waals surface area (Å²) in [6, 6.07) is 17.1. The van der Waals surface area contributed by atoms with Crippen LogP contribution in [0, 0.1) is 0 Å². The van der Waals surface area contributed by atoms with Crippen molar-refractivity contribution in [3.8, 4) is 28.5 Å². The maximum absolute atomic E-state index is 5.35. The van der Waals surface area contributed by atoms with Crippen LogP contribution in [0.5, 0.6) is 6.01 Å². The zero-order chi connectivity index (χ0) is 15.8. The quantitative estimate of drug-likeness (QED) is 0.660. The maximum atomic E-state index is 5.35. The van der Waals surface area contributed by atoms with E-state index in [-0.39, 0.29) is 0 Å². The molecule has 0 bridgehead atoms. The Balaban J connectivity index is 1.97. The van der Waals surface area contributed by atoms with E-state index in [1.165, 1.54) is 16.7 Å². The molecule has 3 aromatic rings. The minimum Gasteiger partial charge on any atom is -0.467 e. The molecule has 1 heterocycles. The van der Waals surface area contributed by atoms with E-state index in [4.69, 9.17) is 4.74 Å². The van der Waals surface area contributed by atoms with Crippen LogP contribution in [0.3, 0.4) is 0 Å².